The molecule has 0 saturated heterocycles. The lowest BCUT2D eigenvalue weighted by atomic mass is 10.2. The fourth-order valence-corrected chi connectivity index (χ4v) is 1.72. The largest absolute Gasteiger partial charge is 0.496 e. The van der Waals surface area contributed by atoms with Crippen LogP contribution in [0.2, 0.25) is 0 Å². The van der Waals surface area contributed by atoms with Gasteiger partial charge in [-0.1, -0.05) is 15.9 Å². The van der Waals surface area contributed by atoms with Gasteiger partial charge in [0.05, 0.1) is 19.8 Å². The van der Waals surface area contributed by atoms with Crippen LogP contribution in [0, 0.1) is 0 Å². The number of benzene rings is 1. The van der Waals surface area contributed by atoms with Crippen LogP contribution in [0.3, 0.4) is 0 Å². The second kappa shape index (κ2) is 6.39. The van der Waals surface area contributed by atoms with Crippen molar-refractivity contribution in [2.24, 2.45) is 0 Å². The van der Waals surface area contributed by atoms with E-state index in [0.717, 1.165) is 4.47 Å². The van der Waals surface area contributed by atoms with Crippen LogP contribution in [-0.2, 0) is 9.53 Å². The van der Waals surface area contributed by atoms with Crippen LogP contribution in [0.15, 0.2) is 22.7 Å². The lowest BCUT2D eigenvalue weighted by Crippen LogP contribution is -2.32. The molecule has 0 atom stereocenters. The number of ether oxygens (including phenoxy) is 2. The van der Waals surface area contributed by atoms with Crippen molar-refractivity contribution in [3.05, 3.63) is 28.2 Å². The first-order valence-electron chi connectivity index (χ1n) is 5.15. The highest BCUT2D eigenvalue weighted by Crippen LogP contribution is 2.24. The number of methoxy groups -OCH3 is 2. The lowest BCUT2D eigenvalue weighted by molar-refractivity contribution is -0.141. The Morgan fingerprint density at radius 3 is 2.56 bits per heavy atom. The smallest absolute Gasteiger partial charge is 0.325 e. The number of hydrogen-bond acceptors (Lipinski definition) is 4. The van der Waals surface area contributed by atoms with E-state index in [1.807, 2.05) is 0 Å². The third-order valence-electron chi connectivity index (χ3n) is 2.33. The van der Waals surface area contributed by atoms with Crippen LogP contribution in [0.4, 0.5) is 0 Å². The average molecular weight is 316 g/mol. The van der Waals surface area contributed by atoms with Gasteiger partial charge in [-0.3, -0.25) is 9.59 Å². The molecule has 6 heteroatoms. The van der Waals surface area contributed by atoms with Crippen molar-refractivity contribution in [3.8, 4) is 5.75 Å². The summed E-state index contributed by atoms with van der Waals surface area (Å²) in [4.78, 5) is 24.5. The maximum absolute atomic E-state index is 12.1. The molecule has 1 amide bonds. The molecule has 0 aliphatic heterocycles. The van der Waals surface area contributed by atoms with E-state index in [0.29, 0.717) is 11.3 Å². The Labute approximate surface area is 114 Å². The molecule has 0 aliphatic rings. The van der Waals surface area contributed by atoms with Crippen LogP contribution in [0.1, 0.15) is 10.4 Å². The zero-order valence-corrected chi connectivity index (χ0v) is 12.0. The van der Waals surface area contributed by atoms with Gasteiger partial charge in [0.1, 0.15) is 12.3 Å². The number of hydrogen-bond donors (Lipinski definition) is 0. The number of rotatable bonds is 4. The van der Waals surface area contributed by atoms with E-state index in [9.17, 15) is 9.59 Å². The summed E-state index contributed by atoms with van der Waals surface area (Å²) in [5.74, 6) is -0.322. The Balaban J connectivity index is 2.93. The Kier molecular flexibility index (Phi) is 5.15. The minimum Gasteiger partial charge on any atom is -0.496 e. The van der Waals surface area contributed by atoms with Crippen LogP contribution in [0.5, 0.6) is 5.75 Å². The molecule has 0 radical (unpaired) electrons. The normalized spacial score (nSPS) is 9.78. The molecule has 0 bridgehead atoms. The quantitative estimate of drug-likeness (QED) is 0.794. The van der Waals surface area contributed by atoms with E-state index < -0.39 is 5.97 Å². The van der Waals surface area contributed by atoms with Crippen molar-refractivity contribution in [2.75, 3.05) is 27.8 Å². The standard InChI is InChI=1S/C12H14BrNO4/c1-14(7-11(15)18-3)12(16)9-5-4-8(13)6-10(9)17-2/h4-6H,7H2,1-3H3. The topological polar surface area (TPSA) is 55.8 Å². The van der Waals surface area contributed by atoms with Crippen LogP contribution in [-0.4, -0.2) is 44.6 Å². The summed E-state index contributed by atoms with van der Waals surface area (Å²) in [5, 5.41) is 0. The zero-order valence-electron chi connectivity index (χ0n) is 10.4. The average Bonchev–Trinajstić information content (AvgIpc) is 2.37. The van der Waals surface area contributed by atoms with Gasteiger partial charge in [0.25, 0.3) is 5.91 Å². The van der Waals surface area contributed by atoms with E-state index >= 15 is 0 Å². The van der Waals surface area contributed by atoms with Crippen molar-refractivity contribution in [1.82, 2.24) is 4.90 Å². The zero-order chi connectivity index (χ0) is 13.7. The summed E-state index contributed by atoms with van der Waals surface area (Å²) in [6, 6.07) is 5.07. The van der Waals surface area contributed by atoms with Crippen LogP contribution >= 0.6 is 15.9 Å². The molecule has 0 heterocycles. The highest BCUT2D eigenvalue weighted by molar-refractivity contribution is 9.10. The van der Waals surface area contributed by atoms with Crippen LogP contribution in [0.25, 0.3) is 0 Å². The molecule has 0 saturated carbocycles. The molecule has 0 aromatic heterocycles. The first-order chi connectivity index (χ1) is 8.49. The van der Waals surface area contributed by atoms with E-state index in [-0.39, 0.29) is 12.5 Å². The number of halogens is 1. The van der Waals surface area contributed by atoms with Gasteiger partial charge >= 0.3 is 5.97 Å². The molecule has 1 aromatic rings. The van der Waals surface area contributed by atoms with Crippen molar-refractivity contribution in [1.29, 1.82) is 0 Å². The second-order valence-corrected chi connectivity index (χ2v) is 4.50. The summed E-state index contributed by atoms with van der Waals surface area (Å²) in [6.07, 6.45) is 0. The van der Waals surface area contributed by atoms with Gasteiger partial charge in [0.2, 0.25) is 0 Å². The first-order valence-corrected chi connectivity index (χ1v) is 5.94. The predicted molar refractivity (Wildman–Crippen MR) is 69.7 cm³/mol. The Hall–Kier alpha value is -1.56. The van der Waals surface area contributed by atoms with Crippen molar-refractivity contribution < 1.29 is 19.1 Å². The molecule has 1 aromatic carbocycles. The fraction of sp³-hybridized carbons (Fsp3) is 0.333. The minimum absolute atomic E-state index is 0.103. The van der Waals surface area contributed by atoms with Gasteiger partial charge in [-0.25, -0.2) is 0 Å². The second-order valence-electron chi connectivity index (χ2n) is 3.58. The molecule has 1 rings (SSSR count). The molecule has 0 aliphatic carbocycles. The van der Waals surface area contributed by atoms with E-state index in [1.54, 1.807) is 18.2 Å². The van der Waals surface area contributed by atoms with Crippen molar-refractivity contribution >= 4 is 27.8 Å². The number of esters is 1. The number of amides is 1. The molecule has 0 unspecified atom stereocenters. The Morgan fingerprint density at radius 2 is 2.00 bits per heavy atom. The number of carbonyl (C=O) groups excluding carboxylic acids is 2. The predicted octanol–water partition coefficient (Wildman–Crippen LogP) is 1.70. The number of nitrogens with zero attached hydrogens (tertiary/aromatic N) is 1. The molecule has 0 N–H and O–H groups in total. The van der Waals surface area contributed by atoms with Gasteiger partial charge in [-0.15, -0.1) is 0 Å². The lowest BCUT2D eigenvalue weighted by Gasteiger charge is -2.17. The highest BCUT2D eigenvalue weighted by Gasteiger charge is 2.19. The summed E-state index contributed by atoms with van der Waals surface area (Å²) < 4.78 is 10.5. The molecule has 0 spiro atoms. The molecule has 98 valence electrons. The van der Waals surface area contributed by atoms with Gasteiger partial charge in [-0.2, -0.15) is 0 Å². The van der Waals surface area contributed by atoms with Crippen LogP contribution < -0.4 is 4.74 Å². The Bertz CT molecular complexity index is 461. The van der Waals surface area contributed by atoms with E-state index in [1.165, 1.54) is 26.2 Å². The Morgan fingerprint density at radius 1 is 1.33 bits per heavy atom. The SMILES string of the molecule is COC(=O)CN(C)C(=O)c1ccc(Br)cc1OC. The van der Waals surface area contributed by atoms with Gasteiger partial charge in [-0.05, 0) is 18.2 Å². The molecule has 18 heavy (non-hydrogen) atoms. The third kappa shape index (κ3) is 3.46. The van der Waals surface area contributed by atoms with Gasteiger partial charge in [0.15, 0.2) is 0 Å². The molecular formula is C12H14BrNO4. The maximum atomic E-state index is 12.1. The summed E-state index contributed by atoms with van der Waals surface area (Å²) in [7, 11) is 4.29. The van der Waals surface area contributed by atoms with Crippen molar-refractivity contribution in [3.63, 3.8) is 0 Å². The first kappa shape index (κ1) is 14.5. The minimum atomic E-state index is -0.470. The summed E-state index contributed by atoms with van der Waals surface area (Å²) >= 11 is 3.30. The van der Waals surface area contributed by atoms with Gasteiger partial charge in [0, 0.05) is 11.5 Å². The highest BCUT2D eigenvalue weighted by atomic mass is 79.9. The molecule has 0 fully saturated rings. The summed E-state index contributed by atoms with van der Waals surface area (Å²) in [5.41, 5.74) is 0.395. The maximum Gasteiger partial charge on any atom is 0.325 e. The van der Waals surface area contributed by atoms with E-state index in [4.69, 9.17) is 4.74 Å². The molecular weight excluding hydrogens is 302 g/mol. The molecule has 5 nitrogen and oxygen atoms in total. The third-order valence-corrected chi connectivity index (χ3v) is 2.83. The van der Waals surface area contributed by atoms with Crippen molar-refractivity contribution in [2.45, 2.75) is 0 Å². The fourth-order valence-electron chi connectivity index (χ4n) is 1.38. The number of carbonyl (C=O) groups is 2. The monoisotopic (exact) mass is 315 g/mol. The number of likely N-dealkylation sites (N-methyl/N-ethyl adjacent to an activating group) is 1. The summed E-state index contributed by atoms with van der Waals surface area (Å²) in [6.45, 7) is -0.103. The van der Waals surface area contributed by atoms with E-state index in [2.05, 4.69) is 20.7 Å². The van der Waals surface area contributed by atoms with Gasteiger partial charge < -0.3 is 14.4 Å².